The monoisotopic (exact) mass is 908 g/mol. The number of sulfone groups is 1. The van der Waals surface area contributed by atoms with Crippen molar-refractivity contribution in [3.63, 3.8) is 0 Å². The predicted octanol–water partition coefficient (Wildman–Crippen LogP) is 9.43. The number of thiazole rings is 1. The maximum atomic E-state index is 13.6. The van der Waals surface area contributed by atoms with E-state index in [9.17, 15) is 13.2 Å². The Bertz CT molecular complexity index is 2070. The zero-order valence-electron chi connectivity index (χ0n) is 39.7. The van der Waals surface area contributed by atoms with Gasteiger partial charge in [0.25, 0.3) is 5.19 Å². The lowest BCUT2D eigenvalue weighted by molar-refractivity contribution is -0.221. The van der Waals surface area contributed by atoms with Gasteiger partial charge in [-0.2, -0.15) is 9.59 Å². The Morgan fingerprint density at radius 3 is 2.32 bits per heavy atom. The highest BCUT2D eigenvalue weighted by Gasteiger charge is 2.70. The number of aromatic nitrogens is 1. The summed E-state index contributed by atoms with van der Waals surface area (Å²) in [4.78, 5) is 36.8. The second-order valence-electron chi connectivity index (χ2n) is 22.1. The standard InChI is InChI=1S/C50H77N3O5S2.CO2/c1-10-36-32-59-44(52-36)58-33-49(43(54)57-11-2)21-14-35(15-22-49)38-17-19-46(7)40(45(38,5)6)18-20-48(9)41(46)13-12-39-42-37(34(3)4)16-23-50(42,25-24-47(39,48)8)51-26-27-53-28-30-60(55,56)31-29-53;2-1-3/h14,17,32,37,39-42,51H,3,10-13,15-16,18-31,33H2,1-2,4-9H3;/t37-,39+,40-,41+,42+,46-,47+,48+,49?,50-;/m0./s1. The molecule has 1 saturated heterocycles. The SMILES string of the molecule is C=C(C)[C@@H]1CC[C@]2(NCCN3CCS(=O)(=O)CC3)CC[C@]3(C)[C@H](CC[C@@H]4[C@@]5(C)CC=C(C6=CCC(COc7nc(CC)cs7)(C(=O)OCC)CC6)C(C)(C)[C@@H]5CC[C@]43C)[C@@H]12.O=C=O. The molecule has 2 heterocycles. The first-order valence-corrected chi connectivity index (χ1v) is 27.0. The quantitative estimate of drug-likeness (QED) is 0.160. The number of ether oxygens (including phenoxy) is 2. The van der Waals surface area contributed by atoms with E-state index in [2.05, 4.69) is 82.4 Å². The summed E-state index contributed by atoms with van der Waals surface area (Å²) in [6, 6.07) is 0. The van der Waals surface area contributed by atoms with Crippen LogP contribution in [0.2, 0.25) is 0 Å². The molecule has 1 aromatic rings. The number of nitrogens with zero attached hydrogens (tertiary/aromatic N) is 2. The Morgan fingerprint density at radius 2 is 1.68 bits per heavy atom. The lowest BCUT2D eigenvalue weighted by atomic mass is 9.33. The molecule has 0 spiro atoms. The molecule has 8 rings (SSSR count). The van der Waals surface area contributed by atoms with E-state index < -0.39 is 15.3 Å². The average molecular weight is 908 g/mol. The maximum Gasteiger partial charge on any atom is 0.373 e. The van der Waals surface area contributed by atoms with Crippen molar-refractivity contribution in [1.29, 1.82) is 0 Å². The first-order chi connectivity index (χ1) is 29.8. The van der Waals surface area contributed by atoms with E-state index in [0.717, 1.165) is 44.5 Å². The third-order valence-electron chi connectivity index (χ3n) is 19.0. The van der Waals surface area contributed by atoms with E-state index in [1.54, 1.807) is 0 Å². The number of esters is 1. The second kappa shape index (κ2) is 18.2. The Balaban J connectivity index is 0.00000193. The molecule has 1 aliphatic heterocycles. The number of hydrogen-bond acceptors (Lipinski definition) is 11. The molecule has 6 aliphatic carbocycles. The van der Waals surface area contributed by atoms with Crippen molar-refractivity contribution in [3.05, 3.63) is 46.5 Å². The zero-order valence-corrected chi connectivity index (χ0v) is 41.4. The third-order valence-corrected chi connectivity index (χ3v) is 21.4. The van der Waals surface area contributed by atoms with Gasteiger partial charge < -0.3 is 19.7 Å². The fraction of sp³-hybridized carbons (Fsp3) is 0.784. The van der Waals surface area contributed by atoms with Crippen molar-refractivity contribution < 1.29 is 32.3 Å². The molecule has 0 aromatic carbocycles. The minimum Gasteiger partial charge on any atom is -0.469 e. The van der Waals surface area contributed by atoms with Crippen molar-refractivity contribution in [2.24, 2.45) is 56.7 Å². The highest BCUT2D eigenvalue weighted by molar-refractivity contribution is 7.91. The molecule has 1 N–H and O–H groups in total. The third kappa shape index (κ3) is 8.53. The van der Waals surface area contributed by atoms with E-state index in [0.29, 0.717) is 79.0 Å². The molecule has 10 atom stereocenters. The van der Waals surface area contributed by atoms with Crippen molar-refractivity contribution in [1.82, 2.24) is 15.2 Å². The number of aryl methyl sites for hydroxylation is 1. The molecular formula is C51H77N3O7S2. The largest absolute Gasteiger partial charge is 0.469 e. The molecule has 1 aromatic heterocycles. The van der Waals surface area contributed by atoms with E-state index in [4.69, 9.17) is 19.1 Å². The number of carbonyl (C=O) groups excluding carboxylic acids is 3. The van der Waals surface area contributed by atoms with Gasteiger partial charge in [0, 0.05) is 37.1 Å². The van der Waals surface area contributed by atoms with E-state index >= 15 is 0 Å². The normalized spacial score (nSPS) is 39.0. The van der Waals surface area contributed by atoms with Crippen LogP contribution in [0.5, 0.6) is 5.19 Å². The number of fused-ring (bicyclic) bond motifs is 7. The molecule has 5 fully saturated rings. The molecule has 4 saturated carbocycles. The number of carbonyl (C=O) groups is 1. The van der Waals surface area contributed by atoms with Crippen LogP contribution in [0.3, 0.4) is 0 Å². The topological polar surface area (TPSA) is 132 Å². The van der Waals surface area contributed by atoms with Crippen LogP contribution in [-0.4, -0.2) is 86.9 Å². The molecule has 12 heteroatoms. The van der Waals surface area contributed by atoms with Crippen molar-refractivity contribution in [2.75, 3.05) is 50.9 Å². The van der Waals surface area contributed by atoms with Gasteiger partial charge in [0.05, 0.1) is 23.8 Å². The Labute approximate surface area is 382 Å². The molecule has 63 heavy (non-hydrogen) atoms. The van der Waals surface area contributed by atoms with Crippen molar-refractivity contribution in [2.45, 2.75) is 144 Å². The van der Waals surface area contributed by atoms with Crippen LogP contribution in [0.1, 0.15) is 138 Å². The van der Waals surface area contributed by atoms with Crippen molar-refractivity contribution >= 4 is 33.3 Å². The summed E-state index contributed by atoms with van der Waals surface area (Å²) in [7, 11) is -2.87. The van der Waals surface area contributed by atoms with Crippen LogP contribution in [0.15, 0.2) is 40.8 Å². The van der Waals surface area contributed by atoms with Gasteiger partial charge in [-0.25, -0.2) is 13.4 Å². The summed E-state index contributed by atoms with van der Waals surface area (Å²) in [5, 5.41) is 6.92. The molecule has 350 valence electrons. The first kappa shape index (κ1) is 48.3. The van der Waals surface area contributed by atoms with Gasteiger partial charge in [-0.15, -0.1) is 0 Å². The predicted molar refractivity (Wildman–Crippen MR) is 249 cm³/mol. The van der Waals surface area contributed by atoms with Gasteiger partial charge in [-0.1, -0.05) is 77.2 Å². The zero-order chi connectivity index (χ0) is 45.6. The molecule has 1 unspecified atom stereocenters. The van der Waals surface area contributed by atoms with Crippen LogP contribution < -0.4 is 10.1 Å². The van der Waals surface area contributed by atoms with Crippen LogP contribution >= 0.6 is 11.3 Å². The number of rotatable bonds is 12. The Morgan fingerprint density at radius 1 is 0.952 bits per heavy atom. The second-order valence-corrected chi connectivity index (χ2v) is 25.2. The fourth-order valence-corrected chi connectivity index (χ4v) is 17.6. The maximum absolute atomic E-state index is 13.6. The Kier molecular flexibility index (Phi) is 14.0. The van der Waals surface area contributed by atoms with E-state index in [-0.39, 0.29) is 39.3 Å². The summed E-state index contributed by atoms with van der Waals surface area (Å²) in [5.74, 6) is 3.57. The van der Waals surface area contributed by atoms with Crippen LogP contribution in [-0.2, 0) is 35.4 Å². The van der Waals surface area contributed by atoms with Crippen LogP contribution in [0.25, 0.3) is 0 Å². The van der Waals surface area contributed by atoms with E-state index in [1.807, 2.05) is 12.3 Å². The van der Waals surface area contributed by atoms with Gasteiger partial charge in [0.2, 0.25) is 0 Å². The van der Waals surface area contributed by atoms with Gasteiger partial charge in [0.1, 0.15) is 12.0 Å². The van der Waals surface area contributed by atoms with Gasteiger partial charge in [-0.05, 0) is 160 Å². The first-order valence-electron chi connectivity index (χ1n) is 24.3. The molecule has 0 radical (unpaired) electrons. The molecular weight excluding hydrogens is 831 g/mol. The summed E-state index contributed by atoms with van der Waals surface area (Å²) < 4.78 is 36.2. The van der Waals surface area contributed by atoms with Gasteiger partial charge in [-0.3, -0.25) is 4.79 Å². The van der Waals surface area contributed by atoms with Crippen LogP contribution in [0, 0.1) is 56.7 Å². The minimum absolute atomic E-state index is 0.0382. The summed E-state index contributed by atoms with van der Waals surface area (Å²) >= 11 is 1.51. The molecule has 0 amide bonds. The number of nitrogens with one attached hydrogen (secondary N) is 1. The fourth-order valence-electron chi connectivity index (χ4n) is 15.6. The molecule has 7 aliphatic rings. The highest BCUT2D eigenvalue weighted by Crippen LogP contribution is 2.76. The summed E-state index contributed by atoms with van der Waals surface area (Å²) in [5.41, 5.74) is 5.62. The van der Waals surface area contributed by atoms with Crippen molar-refractivity contribution in [3.8, 4) is 5.19 Å². The number of hydrogen-bond donors (Lipinski definition) is 1. The Hall–Kier alpha value is -2.63. The summed E-state index contributed by atoms with van der Waals surface area (Å²) in [6.45, 7) is 28.0. The molecule has 10 nitrogen and oxygen atoms in total. The minimum atomic E-state index is -2.87. The summed E-state index contributed by atoms with van der Waals surface area (Å²) in [6.07, 6.45) is 19.7. The molecule has 0 bridgehead atoms. The number of allylic oxidation sites excluding steroid dienone is 5. The van der Waals surface area contributed by atoms with E-state index in [1.165, 1.54) is 79.4 Å². The smallest absolute Gasteiger partial charge is 0.373 e. The van der Waals surface area contributed by atoms with Gasteiger partial charge in [0.15, 0.2) is 9.84 Å². The van der Waals surface area contributed by atoms with Gasteiger partial charge >= 0.3 is 12.1 Å². The lowest BCUT2D eigenvalue weighted by Gasteiger charge is -2.72. The average Bonchev–Trinajstić information content (AvgIpc) is 3.87. The van der Waals surface area contributed by atoms with Crippen LogP contribution in [0.4, 0.5) is 0 Å². The lowest BCUT2D eigenvalue weighted by Crippen LogP contribution is -2.68. The highest BCUT2D eigenvalue weighted by atomic mass is 32.2.